The Kier molecular flexibility index (Phi) is 4.75. The number of nitriles is 1. The highest BCUT2D eigenvalue weighted by molar-refractivity contribution is 5.93. The summed E-state index contributed by atoms with van der Waals surface area (Å²) in [7, 11) is 0. The maximum absolute atomic E-state index is 12.1. The summed E-state index contributed by atoms with van der Waals surface area (Å²) in [6.45, 7) is 5.80. The van der Waals surface area contributed by atoms with Gasteiger partial charge in [0.05, 0.1) is 17.8 Å². The Balaban J connectivity index is 1.94. The maximum Gasteiger partial charge on any atom is 0.238 e. The molecule has 0 bridgehead atoms. The van der Waals surface area contributed by atoms with Crippen LogP contribution in [-0.4, -0.2) is 29.9 Å². The molecule has 2 rings (SSSR count). The van der Waals surface area contributed by atoms with Gasteiger partial charge in [0.2, 0.25) is 5.91 Å². The van der Waals surface area contributed by atoms with Gasteiger partial charge in [0.1, 0.15) is 6.07 Å². The molecule has 0 aromatic heterocycles. The SMILES string of the molecule is CC1CCN(CC(=O)Nc2ccccc2C#N)C(C)C1. The fourth-order valence-electron chi connectivity index (χ4n) is 2.75. The molecular formula is C16H21N3O. The lowest BCUT2D eigenvalue weighted by molar-refractivity contribution is -0.118. The molecule has 0 spiro atoms. The molecule has 1 fully saturated rings. The number of nitrogens with zero attached hydrogens (tertiary/aromatic N) is 2. The Hall–Kier alpha value is -1.86. The molecule has 1 heterocycles. The smallest absolute Gasteiger partial charge is 0.238 e. The summed E-state index contributed by atoms with van der Waals surface area (Å²) in [5.74, 6) is 0.692. The average molecular weight is 271 g/mol. The van der Waals surface area contributed by atoms with E-state index in [0.29, 0.717) is 23.8 Å². The van der Waals surface area contributed by atoms with E-state index in [4.69, 9.17) is 5.26 Å². The zero-order chi connectivity index (χ0) is 14.5. The van der Waals surface area contributed by atoms with Gasteiger partial charge in [-0.1, -0.05) is 19.1 Å². The van der Waals surface area contributed by atoms with Crippen LogP contribution in [0.5, 0.6) is 0 Å². The van der Waals surface area contributed by atoms with E-state index in [-0.39, 0.29) is 5.91 Å². The van der Waals surface area contributed by atoms with Crippen molar-refractivity contribution in [3.63, 3.8) is 0 Å². The molecule has 1 N–H and O–H groups in total. The van der Waals surface area contributed by atoms with Gasteiger partial charge in [-0.3, -0.25) is 9.69 Å². The Morgan fingerprint density at radius 1 is 1.45 bits per heavy atom. The Morgan fingerprint density at radius 2 is 2.20 bits per heavy atom. The third-order valence-electron chi connectivity index (χ3n) is 3.94. The quantitative estimate of drug-likeness (QED) is 0.919. The molecule has 1 saturated heterocycles. The van der Waals surface area contributed by atoms with E-state index in [0.717, 1.165) is 25.3 Å². The third kappa shape index (κ3) is 3.58. The van der Waals surface area contributed by atoms with E-state index in [1.807, 2.05) is 6.07 Å². The first kappa shape index (κ1) is 14.5. The van der Waals surface area contributed by atoms with Crippen molar-refractivity contribution in [1.29, 1.82) is 5.26 Å². The number of hydrogen-bond donors (Lipinski definition) is 1. The van der Waals surface area contributed by atoms with Crippen LogP contribution in [0, 0.1) is 17.2 Å². The van der Waals surface area contributed by atoms with E-state index >= 15 is 0 Å². The zero-order valence-electron chi connectivity index (χ0n) is 12.1. The van der Waals surface area contributed by atoms with Crippen molar-refractivity contribution in [2.45, 2.75) is 32.7 Å². The fourth-order valence-corrected chi connectivity index (χ4v) is 2.75. The maximum atomic E-state index is 12.1. The lowest BCUT2D eigenvalue weighted by Crippen LogP contribution is -2.44. The highest BCUT2D eigenvalue weighted by Gasteiger charge is 2.24. The lowest BCUT2D eigenvalue weighted by Gasteiger charge is -2.35. The normalized spacial score (nSPS) is 23.1. The van der Waals surface area contributed by atoms with Crippen LogP contribution in [-0.2, 0) is 4.79 Å². The van der Waals surface area contributed by atoms with Crippen molar-refractivity contribution in [2.75, 3.05) is 18.4 Å². The van der Waals surface area contributed by atoms with Crippen LogP contribution in [0.25, 0.3) is 0 Å². The molecule has 20 heavy (non-hydrogen) atoms. The van der Waals surface area contributed by atoms with Crippen LogP contribution >= 0.6 is 0 Å². The van der Waals surface area contributed by atoms with E-state index in [1.54, 1.807) is 18.2 Å². The minimum absolute atomic E-state index is 0.0471. The van der Waals surface area contributed by atoms with Gasteiger partial charge >= 0.3 is 0 Å². The second-order valence-corrected chi connectivity index (χ2v) is 5.65. The van der Waals surface area contributed by atoms with Gasteiger partial charge in [-0.25, -0.2) is 0 Å². The standard InChI is InChI=1S/C16H21N3O/c1-12-7-8-19(13(2)9-12)11-16(20)18-15-6-4-3-5-14(15)10-17/h3-6,12-13H,7-9,11H2,1-2H3,(H,18,20). The summed E-state index contributed by atoms with van der Waals surface area (Å²) in [5.41, 5.74) is 1.10. The number of carbonyl (C=O) groups is 1. The molecule has 1 amide bonds. The Labute approximate surface area is 120 Å². The van der Waals surface area contributed by atoms with Crippen LogP contribution in [0.2, 0.25) is 0 Å². The Bertz CT molecular complexity index is 521. The molecule has 1 aliphatic rings. The number of para-hydroxylation sites is 1. The molecule has 0 saturated carbocycles. The number of anilines is 1. The zero-order valence-corrected chi connectivity index (χ0v) is 12.1. The molecule has 4 nitrogen and oxygen atoms in total. The van der Waals surface area contributed by atoms with Crippen molar-refractivity contribution in [1.82, 2.24) is 4.90 Å². The highest BCUT2D eigenvalue weighted by atomic mass is 16.2. The molecule has 4 heteroatoms. The first-order valence-electron chi connectivity index (χ1n) is 7.13. The molecule has 106 valence electrons. The molecule has 2 unspecified atom stereocenters. The second kappa shape index (κ2) is 6.53. The van der Waals surface area contributed by atoms with Gasteiger partial charge in [-0.05, 0) is 44.4 Å². The number of benzene rings is 1. The number of carbonyl (C=O) groups excluding carboxylic acids is 1. The van der Waals surface area contributed by atoms with Gasteiger partial charge in [-0.15, -0.1) is 0 Å². The van der Waals surface area contributed by atoms with E-state index in [2.05, 4.69) is 30.1 Å². The minimum atomic E-state index is -0.0471. The topological polar surface area (TPSA) is 56.1 Å². The second-order valence-electron chi connectivity index (χ2n) is 5.65. The summed E-state index contributed by atoms with van der Waals surface area (Å²) in [5, 5.41) is 11.8. The van der Waals surface area contributed by atoms with E-state index in [1.165, 1.54) is 0 Å². The molecule has 0 aliphatic carbocycles. The average Bonchev–Trinajstić information content (AvgIpc) is 2.42. The summed E-state index contributed by atoms with van der Waals surface area (Å²) in [4.78, 5) is 14.3. The van der Waals surface area contributed by atoms with Crippen molar-refractivity contribution in [3.8, 4) is 6.07 Å². The van der Waals surface area contributed by atoms with E-state index in [9.17, 15) is 4.79 Å². The van der Waals surface area contributed by atoms with Gasteiger partial charge in [0.25, 0.3) is 0 Å². The first-order chi connectivity index (χ1) is 9.60. The van der Waals surface area contributed by atoms with Crippen LogP contribution in [0.15, 0.2) is 24.3 Å². The molecule has 2 atom stereocenters. The van der Waals surface area contributed by atoms with Gasteiger partial charge in [0, 0.05) is 6.04 Å². The van der Waals surface area contributed by atoms with Gasteiger partial charge in [-0.2, -0.15) is 5.26 Å². The predicted octanol–water partition coefficient (Wildman–Crippen LogP) is 2.62. The van der Waals surface area contributed by atoms with Crippen LogP contribution in [0.4, 0.5) is 5.69 Å². The Morgan fingerprint density at radius 3 is 2.90 bits per heavy atom. The number of rotatable bonds is 3. The number of amides is 1. The van der Waals surface area contributed by atoms with E-state index < -0.39 is 0 Å². The van der Waals surface area contributed by atoms with Gasteiger partial charge < -0.3 is 5.32 Å². The molecule has 1 aromatic carbocycles. The summed E-state index contributed by atoms with van der Waals surface area (Å²) in [6, 6.07) is 9.62. The van der Waals surface area contributed by atoms with Crippen LogP contribution in [0.3, 0.4) is 0 Å². The largest absolute Gasteiger partial charge is 0.324 e. The van der Waals surface area contributed by atoms with Crippen molar-refractivity contribution < 1.29 is 4.79 Å². The lowest BCUT2D eigenvalue weighted by atomic mass is 9.93. The first-order valence-corrected chi connectivity index (χ1v) is 7.13. The van der Waals surface area contributed by atoms with Gasteiger partial charge in [0.15, 0.2) is 0 Å². The van der Waals surface area contributed by atoms with Crippen molar-refractivity contribution >= 4 is 11.6 Å². The predicted molar refractivity (Wildman–Crippen MR) is 79.2 cm³/mol. The fraction of sp³-hybridized carbons (Fsp3) is 0.500. The number of nitrogens with one attached hydrogen (secondary N) is 1. The number of piperidine rings is 1. The number of likely N-dealkylation sites (tertiary alicyclic amines) is 1. The third-order valence-corrected chi connectivity index (χ3v) is 3.94. The molecule has 1 aromatic rings. The minimum Gasteiger partial charge on any atom is -0.324 e. The highest BCUT2D eigenvalue weighted by Crippen LogP contribution is 2.22. The summed E-state index contributed by atoms with van der Waals surface area (Å²) >= 11 is 0. The molecule has 0 radical (unpaired) electrons. The number of hydrogen-bond acceptors (Lipinski definition) is 3. The van der Waals surface area contributed by atoms with Crippen molar-refractivity contribution in [3.05, 3.63) is 29.8 Å². The van der Waals surface area contributed by atoms with Crippen LogP contribution < -0.4 is 5.32 Å². The molecule has 1 aliphatic heterocycles. The van der Waals surface area contributed by atoms with Crippen LogP contribution in [0.1, 0.15) is 32.3 Å². The molecular weight excluding hydrogens is 250 g/mol. The summed E-state index contributed by atoms with van der Waals surface area (Å²) in [6.07, 6.45) is 2.29. The van der Waals surface area contributed by atoms with Crippen molar-refractivity contribution in [2.24, 2.45) is 5.92 Å². The monoisotopic (exact) mass is 271 g/mol. The summed E-state index contributed by atoms with van der Waals surface area (Å²) < 4.78 is 0.